The van der Waals surface area contributed by atoms with E-state index in [0.29, 0.717) is 36.2 Å². The number of carbonyl (C=O) groups is 2. The van der Waals surface area contributed by atoms with Gasteiger partial charge in [0.05, 0.1) is 12.3 Å². The molecule has 1 aliphatic heterocycles. The van der Waals surface area contributed by atoms with Gasteiger partial charge in [0, 0.05) is 18.3 Å². The second kappa shape index (κ2) is 12.3. The number of carbonyl (C=O) groups excluding carboxylic acids is 2. The molecule has 0 atom stereocenters. The Balaban J connectivity index is 1.33. The molecule has 2 amide bonds. The van der Waals surface area contributed by atoms with Crippen LogP contribution in [0.3, 0.4) is 0 Å². The molecule has 4 rings (SSSR count). The summed E-state index contributed by atoms with van der Waals surface area (Å²) >= 11 is 0. The number of hydrogen-bond acceptors (Lipinski definition) is 4. The Morgan fingerprint density at radius 2 is 1.89 bits per heavy atom. The third-order valence-corrected chi connectivity index (χ3v) is 6.23. The van der Waals surface area contributed by atoms with Gasteiger partial charge in [-0.25, -0.2) is 0 Å². The number of aryl methyl sites for hydroxylation is 1. The van der Waals surface area contributed by atoms with Gasteiger partial charge in [0.15, 0.2) is 6.61 Å². The summed E-state index contributed by atoms with van der Waals surface area (Å²) in [5.41, 5.74) is 4.65. The predicted octanol–water partition coefficient (Wildman–Crippen LogP) is 6.35. The summed E-state index contributed by atoms with van der Waals surface area (Å²) in [5.74, 6) is 1.62. The zero-order valence-corrected chi connectivity index (χ0v) is 21.7. The maximum Gasteiger partial charge on any atom is 0.265 e. The van der Waals surface area contributed by atoms with Gasteiger partial charge >= 0.3 is 0 Å². The average molecular weight is 499 g/mol. The van der Waals surface area contributed by atoms with Crippen LogP contribution in [0.25, 0.3) is 6.08 Å². The van der Waals surface area contributed by atoms with Crippen molar-refractivity contribution in [2.24, 2.45) is 0 Å². The van der Waals surface area contributed by atoms with Crippen LogP contribution in [0.4, 0.5) is 11.4 Å². The van der Waals surface area contributed by atoms with Gasteiger partial charge in [-0.05, 0) is 78.8 Å². The van der Waals surface area contributed by atoms with Crippen molar-refractivity contribution in [2.75, 3.05) is 30.0 Å². The number of nitrogens with one attached hydrogen (secondary N) is 1. The van der Waals surface area contributed by atoms with Crippen LogP contribution in [-0.4, -0.2) is 31.6 Å². The summed E-state index contributed by atoms with van der Waals surface area (Å²) in [6, 6.07) is 21.5. The van der Waals surface area contributed by atoms with Gasteiger partial charge < -0.3 is 19.7 Å². The van der Waals surface area contributed by atoms with Crippen molar-refractivity contribution in [3.63, 3.8) is 0 Å². The quantitative estimate of drug-likeness (QED) is 0.261. The van der Waals surface area contributed by atoms with Crippen molar-refractivity contribution in [2.45, 2.75) is 39.5 Å². The molecular weight excluding hydrogens is 464 g/mol. The first-order valence-corrected chi connectivity index (χ1v) is 12.7. The molecule has 0 aliphatic carbocycles. The first-order chi connectivity index (χ1) is 17.9. The number of ether oxygens (including phenoxy) is 2. The van der Waals surface area contributed by atoms with Crippen molar-refractivity contribution in [3.8, 4) is 11.5 Å². The first kappa shape index (κ1) is 26.0. The Kier molecular flexibility index (Phi) is 8.62. The van der Waals surface area contributed by atoms with E-state index in [-0.39, 0.29) is 18.4 Å². The van der Waals surface area contributed by atoms with Gasteiger partial charge in [-0.2, -0.15) is 0 Å². The molecule has 0 unspecified atom stereocenters. The topological polar surface area (TPSA) is 67.9 Å². The van der Waals surface area contributed by atoms with Crippen molar-refractivity contribution < 1.29 is 19.1 Å². The molecule has 1 N–H and O–H groups in total. The smallest absolute Gasteiger partial charge is 0.265 e. The second-order valence-electron chi connectivity index (χ2n) is 9.53. The zero-order valence-electron chi connectivity index (χ0n) is 21.7. The molecule has 192 valence electrons. The third-order valence-electron chi connectivity index (χ3n) is 6.23. The Bertz CT molecular complexity index is 1260. The average Bonchev–Trinajstić information content (AvgIpc) is 2.88. The van der Waals surface area contributed by atoms with E-state index in [1.54, 1.807) is 29.2 Å². The molecule has 6 nitrogen and oxygen atoms in total. The summed E-state index contributed by atoms with van der Waals surface area (Å²) in [4.78, 5) is 26.9. The largest absolute Gasteiger partial charge is 0.494 e. The van der Waals surface area contributed by atoms with Gasteiger partial charge in [0.2, 0.25) is 5.91 Å². The van der Waals surface area contributed by atoms with Gasteiger partial charge in [0.1, 0.15) is 11.5 Å². The van der Waals surface area contributed by atoms with Crippen molar-refractivity contribution >= 4 is 29.3 Å². The number of anilines is 2. The molecule has 1 aliphatic rings. The number of rotatable bonds is 10. The number of amides is 2. The molecule has 0 spiro atoms. The van der Waals surface area contributed by atoms with Gasteiger partial charge in [-0.3, -0.25) is 9.59 Å². The molecule has 0 saturated heterocycles. The second-order valence-corrected chi connectivity index (χ2v) is 9.53. The Labute approximate surface area is 218 Å². The normalized spacial score (nSPS) is 13.0. The highest BCUT2D eigenvalue weighted by atomic mass is 16.5. The summed E-state index contributed by atoms with van der Waals surface area (Å²) in [6.45, 7) is 7.48. The van der Waals surface area contributed by atoms with Crippen LogP contribution in [-0.2, 0) is 9.59 Å². The predicted molar refractivity (Wildman–Crippen MR) is 148 cm³/mol. The van der Waals surface area contributed by atoms with E-state index in [1.807, 2.05) is 43.3 Å². The highest BCUT2D eigenvalue weighted by Crippen LogP contribution is 2.35. The maximum absolute atomic E-state index is 12.6. The van der Waals surface area contributed by atoms with E-state index in [9.17, 15) is 9.59 Å². The van der Waals surface area contributed by atoms with Crippen molar-refractivity contribution in [1.29, 1.82) is 0 Å². The lowest BCUT2D eigenvalue weighted by Gasteiger charge is -2.30. The molecule has 3 aromatic rings. The number of hydrogen-bond donors (Lipinski definition) is 1. The summed E-state index contributed by atoms with van der Waals surface area (Å²) in [7, 11) is 0. The SMILES string of the molecule is Cc1cccc(OCCCCN2C(=O)COc3ccc(NC(=O)/C=C/c4ccc(C(C)C)cc4)cc32)c1. The highest BCUT2D eigenvalue weighted by molar-refractivity contribution is 6.03. The fraction of sp³-hybridized carbons (Fsp3) is 0.290. The standard InChI is InChI=1S/C31H34N2O4/c1-22(2)25-12-9-24(10-13-25)11-16-30(34)32-26-14-15-29-28(20-26)33(31(35)21-37-29)17-4-5-18-36-27-8-6-7-23(3)19-27/h6-16,19-20,22H,4-5,17-18,21H2,1-3H3,(H,32,34)/b16-11+. The summed E-state index contributed by atoms with van der Waals surface area (Å²) in [6.07, 6.45) is 4.90. The van der Waals surface area contributed by atoms with E-state index in [2.05, 4.69) is 31.3 Å². The van der Waals surface area contributed by atoms with Crippen LogP contribution in [0.1, 0.15) is 49.3 Å². The lowest BCUT2D eigenvalue weighted by molar-refractivity contribution is -0.121. The summed E-state index contributed by atoms with van der Waals surface area (Å²) < 4.78 is 11.4. The fourth-order valence-corrected chi connectivity index (χ4v) is 4.14. The molecule has 0 bridgehead atoms. The van der Waals surface area contributed by atoms with Gasteiger partial charge in [-0.15, -0.1) is 0 Å². The minimum Gasteiger partial charge on any atom is -0.494 e. The minimum atomic E-state index is -0.240. The van der Waals surface area contributed by atoms with Crippen LogP contribution in [0.2, 0.25) is 0 Å². The number of fused-ring (bicyclic) bond motifs is 1. The molecule has 3 aromatic carbocycles. The van der Waals surface area contributed by atoms with E-state index in [4.69, 9.17) is 9.47 Å². The van der Waals surface area contributed by atoms with E-state index in [0.717, 1.165) is 29.7 Å². The van der Waals surface area contributed by atoms with Crippen LogP contribution < -0.4 is 19.7 Å². The van der Waals surface area contributed by atoms with Crippen LogP contribution in [0.5, 0.6) is 11.5 Å². The molecule has 0 fully saturated rings. The maximum atomic E-state index is 12.6. The zero-order chi connectivity index (χ0) is 26.2. The molecule has 1 heterocycles. The van der Waals surface area contributed by atoms with E-state index >= 15 is 0 Å². The fourth-order valence-electron chi connectivity index (χ4n) is 4.14. The molecular formula is C31H34N2O4. The minimum absolute atomic E-state index is 0.0107. The molecule has 37 heavy (non-hydrogen) atoms. The van der Waals surface area contributed by atoms with Crippen LogP contribution in [0.15, 0.2) is 72.8 Å². The lowest BCUT2D eigenvalue weighted by atomic mass is 10.0. The number of unbranched alkanes of at least 4 members (excludes halogenated alkanes) is 1. The molecule has 0 radical (unpaired) electrons. The summed E-state index contributed by atoms with van der Waals surface area (Å²) in [5, 5.41) is 2.89. The number of benzene rings is 3. The van der Waals surface area contributed by atoms with Crippen LogP contribution >= 0.6 is 0 Å². The molecule has 6 heteroatoms. The Morgan fingerprint density at radius 3 is 2.65 bits per heavy atom. The Morgan fingerprint density at radius 1 is 1.08 bits per heavy atom. The van der Waals surface area contributed by atoms with Gasteiger partial charge in [0.25, 0.3) is 5.91 Å². The van der Waals surface area contributed by atoms with E-state index < -0.39 is 0 Å². The Hall–Kier alpha value is -4.06. The lowest BCUT2D eigenvalue weighted by Crippen LogP contribution is -2.39. The van der Waals surface area contributed by atoms with E-state index in [1.165, 1.54) is 11.6 Å². The number of nitrogens with zero attached hydrogens (tertiary/aromatic N) is 1. The first-order valence-electron chi connectivity index (χ1n) is 12.7. The molecule has 0 saturated carbocycles. The monoisotopic (exact) mass is 498 g/mol. The van der Waals surface area contributed by atoms with Crippen LogP contribution in [0, 0.1) is 6.92 Å². The van der Waals surface area contributed by atoms with Crippen molar-refractivity contribution in [1.82, 2.24) is 0 Å². The van der Waals surface area contributed by atoms with Crippen molar-refractivity contribution in [3.05, 3.63) is 89.5 Å². The third kappa shape index (κ3) is 7.23. The van der Waals surface area contributed by atoms with Gasteiger partial charge in [-0.1, -0.05) is 50.2 Å². The molecule has 0 aromatic heterocycles. The highest BCUT2D eigenvalue weighted by Gasteiger charge is 2.25.